The van der Waals surface area contributed by atoms with E-state index >= 15 is 0 Å². The lowest BCUT2D eigenvalue weighted by Gasteiger charge is -2.42. The first kappa shape index (κ1) is 27.0. The lowest BCUT2D eigenvalue weighted by Crippen LogP contribution is -2.53. The molecule has 39 heavy (non-hydrogen) atoms. The number of halogens is 5. The zero-order chi connectivity index (χ0) is 27.9. The lowest BCUT2D eigenvalue weighted by molar-refractivity contribution is -0.137. The molecule has 2 aliphatic rings. The smallest absolute Gasteiger partial charge is 0.392 e. The molecule has 3 aromatic rings. The van der Waals surface area contributed by atoms with E-state index in [9.17, 15) is 27.1 Å². The Hall–Kier alpha value is -3.54. The van der Waals surface area contributed by atoms with Crippen LogP contribution in [-0.4, -0.2) is 58.3 Å². The number of alkyl halides is 3. The number of anilines is 3. The number of aliphatic hydroxyl groups excluding tert-OH is 1. The van der Waals surface area contributed by atoms with Crippen LogP contribution in [0.2, 0.25) is 0 Å². The molecule has 4 heterocycles. The van der Waals surface area contributed by atoms with Crippen LogP contribution in [0.5, 0.6) is 0 Å². The molecule has 0 aliphatic carbocycles. The van der Waals surface area contributed by atoms with Gasteiger partial charge >= 0.3 is 6.18 Å². The fraction of sp³-hybridized carbons (Fsp3) is 0.444. The molecule has 2 fully saturated rings. The molecular weight excluding hydrogens is 519 g/mol. The van der Waals surface area contributed by atoms with E-state index < -0.39 is 30.0 Å². The number of nitrogens with zero attached hydrogens (tertiary/aromatic N) is 6. The van der Waals surface area contributed by atoms with Crippen LogP contribution >= 0.6 is 0 Å². The molecule has 2 aromatic heterocycles. The maximum Gasteiger partial charge on any atom is 0.419 e. The van der Waals surface area contributed by atoms with Gasteiger partial charge < -0.3 is 19.8 Å². The maximum atomic E-state index is 14.1. The molecule has 0 spiro atoms. The molecule has 208 valence electrons. The Morgan fingerprint density at radius 2 is 1.74 bits per heavy atom. The summed E-state index contributed by atoms with van der Waals surface area (Å²) >= 11 is 0. The van der Waals surface area contributed by atoms with E-state index in [4.69, 9.17) is 4.98 Å². The van der Waals surface area contributed by atoms with E-state index in [1.54, 1.807) is 11.0 Å². The van der Waals surface area contributed by atoms with Gasteiger partial charge in [-0.05, 0) is 56.5 Å². The Labute approximate surface area is 222 Å². The predicted molar refractivity (Wildman–Crippen MR) is 138 cm³/mol. The fourth-order valence-electron chi connectivity index (χ4n) is 5.27. The molecular formula is C27H29F5N6O. The van der Waals surface area contributed by atoms with E-state index in [-0.39, 0.29) is 36.6 Å². The molecule has 12 heteroatoms. The van der Waals surface area contributed by atoms with Crippen LogP contribution in [0.4, 0.5) is 39.5 Å². The summed E-state index contributed by atoms with van der Waals surface area (Å²) < 4.78 is 69.1. The molecule has 2 unspecified atom stereocenters. The molecule has 0 saturated carbocycles. The average Bonchev–Trinajstić information content (AvgIpc) is 3.34. The number of hydrogen-bond donors (Lipinski definition) is 1. The minimum atomic E-state index is -4.62. The number of hydrogen-bond acceptors (Lipinski definition) is 7. The van der Waals surface area contributed by atoms with Gasteiger partial charge in [0, 0.05) is 56.1 Å². The first-order valence-electron chi connectivity index (χ1n) is 12.8. The second kappa shape index (κ2) is 10.6. The van der Waals surface area contributed by atoms with Gasteiger partial charge in [-0.3, -0.25) is 0 Å². The van der Waals surface area contributed by atoms with Gasteiger partial charge in [0.25, 0.3) is 0 Å². The highest BCUT2D eigenvalue weighted by molar-refractivity contribution is 5.66. The van der Waals surface area contributed by atoms with Crippen LogP contribution in [0, 0.1) is 11.6 Å². The predicted octanol–water partition coefficient (Wildman–Crippen LogP) is 5.03. The van der Waals surface area contributed by atoms with Gasteiger partial charge in [0.15, 0.2) is 11.6 Å². The third-order valence-electron chi connectivity index (χ3n) is 7.36. The van der Waals surface area contributed by atoms with Crippen molar-refractivity contribution in [2.45, 2.75) is 51.6 Å². The van der Waals surface area contributed by atoms with E-state index in [1.807, 2.05) is 11.8 Å². The Balaban J connectivity index is 1.48. The van der Waals surface area contributed by atoms with Crippen LogP contribution in [0.3, 0.4) is 0 Å². The summed E-state index contributed by atoms with van der Waals surface area (Å²) in [6, 6.07) is 6.21. The summed E-state index contributed by atoms with van der Waals surface area (Å²) in [4.78, 5) is 19.2. The second-order valence-corrected chi connectivity index (χ2v) is 10.1. The highest BCUT2D eigenvalue weighted by Gasteiger charge is 2.38. The summed E-state index contributed by atoms with van der Waals surface area (Å²) in [7, 11) is 0. The standard InChI is InChI=1S/C27H29F5N6O/c1-16-4-3-7-38(16)26-34-23(19-5-6-21(28)22(29)11-19)12-24(35-26)37-9-8-36(14-17(37)2)25-20(27(30,31)32)10-18(15-39)13-33-25/h5-6,10-13,16-17,39H,3-4,7-9,14-15H2,1-2H3. The Kier molecular flexibility index (Phi) is 7.32. The molecule has 7 nitrogen and oxygen atoms in total. The first-order valence-corrected chi connectivity index (χ1v) is 12.8. The molecule has 1 aromatic carbocycles. The monoisotopic (exact) mass is 548 g/mol. The lowest BCUT2D eigenvalue weighted by atomic mass is 10.1. The van der Waals surface area contributed by atoms with Crippen molar-refractivity contribution >= 4 is 17.6 Å². The van der Waals surface area contributed by atoms with Gasteiger partial charge in [0.2, 0.25) is 5.95 Å². The first-order chi connectivity index (χ1) is 18.5. The molecule has 0 bridgehead atoms. The second-order valence-electron chi connectivity index (χ2n) is 10.1. The number of pyridine rings is 1. The van der Waals surface area contributed by atoms with Crippen LogP contribution in [-0.2, 0) is 12.8 Å². The molecule has 0 amide bonds. The quantitative estimate of drug-likeness (QED) is 0.449. The van der Waals surface area contributed by atoms with Crippen LogP contribution < -0.4 is 14.7 Å². The normalized spacial score (nSPS) is 20.2. The summed E-state index contributed by atoms with van der Waals surface area (Å²) in [6.45, 7) is 5.04. The van der Waals surface area contributed by atoms with E-state index in [0.717, 1.165) is 37.6 Å². The largest absolute Gasteiger partial charge is 0.419 e. The summed E-state index contributed by atoms with van der Waals surface area (Å²) in [5.41, 5.74) is 0.0398. The minimum absolute atomic E-state index is 0.0900. The summed E-state index contributed by atoms with van der Waals surface area (Å²) in [5.74, 6) is -1.07. The third kappa shape index (κ3) is 5.47. The molecule has 2 atom stereocenters. The van der Waals surface area contributed by atoms with Crippen molar-refractivity contribution in [1.29, 1.82) is 0 Å². The highest BCUT2D eigenvalue weighted by atomic mass is 19.4. The van der Waals surface area contributed by atoms with Gasteiger partial charge in [-0.15, -0.1) is 0 Å². The van der Waals surface area contributed by atoms with Crippen molar-refractivity contribution in [2.24, 2.45) is 0 Å². The fourth-order valence-corrected chi connectivity index (χ4v) is 5.27. The highest BCUT2D eigenvalue weighted by Crippen LogP contribution is 2.37. The van der Waals surface area contributed by atoms with Gasteiger partial charge in [-0.1, -0.05) is 0 Å². The molecule has 1 N–H and O–H groups in total. The molecule has 2 saturated heterocycles. The van der Waals surface area contributed by atoms with Crippen LogP contribution in [0.1, 0.15) is 37.8 Å². The number of aliphatic hydroxyl groups is 1. The van der Waals surface area contributed by atoms with E-state index in [2.05, 4.69) is 21.8 Å². The van der Waals surface area contributed by atoms with Crippen molar-refractivity contribution in [3.05, 3.63) is 59.3 Å². The van der Waals surface area contributed by atoms with Gasteiger partial charge in [-0.25, -0.2) is 18.7 Å². The number of aromatic nitrogens is 3. The Bertz CT molecular complexity index is 1350. The van der Waals surface area contributed by atoms with Crippen LogP contribution in [0.25, 0.3) is 11.3 Å². The SMILES string of the molecule is CC1CN(c2ncc(CO)cc2C(F)(F)F)CCN1c1cc(-c2ccc(F)c(F)c2)nc(N2CCCC2C)n1. The van der Waals surface area contributed by atoms with Crippen LogP contribution in [0.15, 0.2) is 36.5 Å². The maximum absolute atomic E-state index is 14.1. The topological polar surface area (TPSA) is 68.6 Å². The van der Waals surface area contributed by atoms with Gasteiger partial charge in [0.1, 0.15) is 11.6 Å². The third-order valence-corrected chi connectivity index (χ3v) is 7.36. The van der Waals surface area contributed by atoms with Gasteiger partial charge in [0.05, 0.1) is 17.9 Å². The molecule has 2 aliphatic heterocycles. The van der Waals surface area contributed by atoms with Crippen molar-refractivity contribution < 1.29 is 27.1 Å². The summed E-state index contributed by atoms with van der Waals surface area (Å²) in [6.07, 6.45) is -1.41. The number of rotatable bonds is 5. The average molecular weight is 549 g/mol. The molecule has 5 rings (SSSR count). The zero-order valence-electron chi connectivity index (χ0n) is 21.6. The van der Waals surface area contributed by atoms with Gasteiger partial charge in [-0.2, -0.15) is 18.2 Å². The zero-order valence-corrected chi connectivity index (χ0v) is 21.6. The molecule has 0 radical (unpaired) electrons. The van der Waals surface area contributed by atoms with E-state index in [1.165, 1.54) is 12.3 Å². The number of piperazine rings is 1. The minimum Gasteiger partial charge on any atom is -0.392 e. The van der Waals surface area contributed by atoms with Crippen molar-refractivity contribution in [2.75, 3.05) is 40.9 Å². The number of benzene rings is 1. The van der Waals surface area contributed by atoms with E-state index in [0.29, 0.717) is 29.6 Å². The Morgan fingerprint density at radius 3 is 2.38 bits per heavy atom. The van der Waals surface area contributed by atoms with Crippen molar-refractivity contribution in [3.63, 3.8) is 0 Å². The Morgan fingerprint density at radius 1 is 0.949 bits per heavy atom. The van der Waals surface area contributed by atoms with Crippen molar-refractivity contribution in [3.8, 4) is 11.3 Å². The summed E-state index contributed by atoms with van der Waals surface area (Å²) in [5, 5.41) is 9.30. The van der Waals surface area contributed by atoms with Crippen molar-refractivity contribution in [1.82, 2.24) is 15.0 Å².